The third kappa shape index (κ3) is 19.9. The summed E-state index contributed by atoms with van der Waals surface area (Å²) in [6.07, 6.45) is -82.2. The number of aliphatic hydroxyl groups excluding tert-OH is 22. The fraction of sp³-hybridized carbons (Fsp3) is 0.935. The van der Waals surface area contributed by atoms with Crippen molar-refractivity contribution >= 4 is 23.6 Å². The lowest BCUT2D eigenvalue weighted by Crippen LogP contribution is -2.71. The van der Waals surface area contributed by atoms with Gasteiger partial charge in [-0.1, -0.05) is 0 Å². The lowest BCUT2D eigenvalue weighted by Gasteiger charge is -2.52. The number of ether oxygens (including phenoxy) is 17. The minimum absolute atomic E-state index is 0.829. The maximum Gasteiger partial charge on any atom is 0.217 e. The van der Waals surface area contributed by atoms with Crippen molar-refractivity contribution in [2.75, 3.05) is 39.6 Å². The van der Waals surface area contributed by atoms with Gasteiger partial charge in [0.15, 0.2) is 56.6 Å². The zero-order chi connectivity index (χ0) is 80.4. The van der Waals surface area contributed by atoms with Gasteiger partial charge in [-0.3, -0.25) is 19.2 Å². The van der Waals surface area contributed by atoms with Gasteiger partial charge in [0, 0.05) is 27.7 Å². The highest BCUT2D eigenvalue weighted by Crippen LogP contribution is 2.40. The standard InChI is InChI=1S/C62H104N4O43/c1-14-31(75)41(85)45(89)58(95-14)104-48-24(11-70)102-56(30(66-20(7)74)50(48)106-57-28(64-18(5)72)40(84)35(79)22(9-68)100-57)94-12-25-37(81)49(29(54(92)98-25)65-19(6)73)105-62-53(109-60-47(91)43(87)33(77)16(3)97-60)51(38(82)26(103-62)13-93-55-27(63-17(4)71)39(83)34(78)21(8-67)99-55)107-61-52(44(88)36(80)23(10-69)101-61)108-59-46(90)42(86)32(76)15(2)96-59/h14-16,21-62,67-70,75-92H,8-13H2,1-7H3,(H,63,71)(H,64,72)(H,65,73)(H,66,74)/t14-,15-,16-,21+,22+,23+,24+,25+,26+,27+,28+,29+,30+,31+,32+,33+,34+,35+,36-,37-,38-,39+,40+,41+,42+,43+,44-,45-,46-,47-,48+,49+,50+,51-,52+,53+,54-,55+,56+,57-,58-,59-,60-,61-,62-/m0/s1. The van der Waals surface area contributed by atoms with Crippen LogP contribution in [0.4, 0.5) is 0 Å². The van der Waals surface area contributed by atoms with E-state index in [0.717, 1.165) is 27.7 Å². The second-order valence-electron chi connectivity index (χ2n) is 28.2. The van der Waals surface area contributed by atoms with E-state index in [-0.39, 0.29) is 0 Å². The van der Waals surface area contributed by atoms with Crippen LogP contribution in [0.3, 0.4) is 0 Å². The Hall–Kier alpha value is -3.68. The summed E-state index contributed by atoms with van der Waals surface area (Å²) in [5.41, 5.74) is 0. The van der Waals surface area contributed by atoms with Gasteiger partial charge in [-0.25, -0.2) is 0 Å². The second kappa shape index (κ2) is 38.4. The zero-order valence-electron chi connectivity index (χ0n) is 59.6. The van der Waals surface area contributed by atoms with Crippen molar-refractivity contribution in [1.82, 2.24) is 21.3 Å². The number of aliphatic hydroxyl groups is 22. The van der Waals surface area contributed by atoms with Crippen molar-refractivity contribution < 1.29 is 212 Å². The van der Waals surface area contributed by atoms with Crippen LogP contribution >= 0.6 is 0 Å². The van der Waals surface area contributed by atoms with Gasteiger partial charge in [0.25, 0.3) is 0 Å². The van der Waals surface area contributed by atoms with E-state index in [2.05, 4.69) is 21.3 Å². The zero-order valence-corrected chi connectivity index (χ0v) is 59.6. The van der Waals surface area contributed by atoms with Gasteiger partial charge in [0.05, 0.1) is 58.0 Å². The molecule has 0 spiro atoms. The van der Waals surface area contributed by atoms with Gasteiger partial charge < -0.3 is 214 Å². The molecule has 0 aliphatic carbocycles. The van der Waals surface area contributed by atoms with Crippen LogP contribution < -0.4 is 21.3 Å². The topological polar surface area (TPSA) is 718 Å². The lowest BCUT2D eigenvalue weighted by molar-refractivity contribution is -0.411. The number of hydrogen-bond donors (Lipinski definition) is 26. The maximum atomic E-state index is 13.4. The largest absolute Gasteiger partial charge is 0.394 e. The highest BCUT2D eigenvalue weighted by molar-refractivity contribution is 5.74. The number of carbonyl (C=O) groups excluding carboxylic acids is 4. The molecule has 0 aromatic carbocycles. The van der Waals surface area contributed by atoms with Gasteiger partial charge in [0.2, 0.25) is 23.6 Å². The van der Waals surface area contributed by atoms with Crippen LogP contribution in [-0.2, 0) is 99.7 Å². The quantitative estimate of drug-likeness (QED) is 0.0382. The van der Waals surface area contributed by atoms with Crippen molar-refractivity contribution in [2.24, 2.45) is 0 Å². The van der Waals surface area contributed by atoms with E-state index in [1.807, 2.05) is 0 Å². The van der Waals surface area contributed by atoms with Crippen LogP contribution in [0.5, 0.6) is 0 Å². The van der Waals surface area contributed by atoms with Crippen molar-refractivity contribution in [3.05, 3.63) is 0 Å². The third-order valence-electron chi connectivity index (χ3n) is 20.2. The molecule has 9 aliphatic rings. The first-order chi connectivity index (χ1) is 51.4. The molecule has 0 aromatic rings. The average molecular weight is 1590 g/mol. The van der Waals surface area contributed by atoms with E-state index in [0.29, 0.717) is 0 Å². The Morgan fingerprint density at radius 3 is 1.02 bits per heavy atom. The number of nitrogens with one attached hydrogen (secondary N) is 4. The minimum Gasteiger partial charge on any atom is -0.394 e. The lowest BCUT2D eigenvalue weighted by atomic mass is 9.93. The third-order valence-corrected chi connectivity index (χ3v) is 20.2. The fourth-order valence-corrected chi connectivity index (χ4v) is 14.2. The summed E-state index contributed by atoms with van der Waals surface area (Å²) in [6.45, 7) is 1.31. The number of hydrogen-bond acceptors (Lipinski definition) is 43. The number of amides is 4. The predicted octanol–water partition coefficient (Wildman–Crippen LogP) is -17.0. The molecule has 0 unspecified atom stereocenters. The Labute approximate surface area is 619 Å². The molecule has 9 fully saturated rings. The summed E-state index contributed by atoms with van der Waals surface area (Å²) in [5.74, 6) is -3.57. The van der Waals surface area contributed by atoms with Crippen molar-refractivity contribution in [3.63, 3.8) is 0 Å². The number of carbonyl (C=O) groups is 4. The summed E-state index contributed by atoms with van der Waals surface area (Å²) in [4.78, 5) is 51.9. The molecule has 45 atom stereocenters. The van der Waals surface area contributed by atoms with Crippen molar-refractivity contribution in [2.45, 2.75) is 325 Å². The molecule has 0 bridgehead atoms. The first-order valence-corrected chi connectivity index (χ1v) is 35.2. The maximum absolute atomic E-state index is 13.4. The molecule has 4 amide bonds. The minimum atomic E-state index is -2.47. The van der Waals surface area contributed by atoms with Crippen molar-refractivity contribution in [1.29, 1.82) is 0 Å². The molecule has 0 saturated carbocycles. The highest BCUT2D eigenvalue weighted by Gasteiger charge is 2.61. The molecule has 47 heteroatoms. The van der Waals surface area contributed by atoms with E-state index < -0.39 is 339 Å². The van der Waals surface area contributed by atoms with E-state index >= 15 is 0 Å². The van der Waals surface area contributed by atoms with Gasteiger partial charge in [0.1, 0.15) is 201 Å². The van der Waals surface area contributed by atoms with Gasteiger partial charge >= 0.3 is 0 Å². The van der Waals surface area contributed by atoms with Gasteiger partial charge in [-0.05, 0) is 20.8 Å². The van der Waals surface area contributed by atoms with Gasteiger partial charge in [-0.2, -0.15) is 0 Å². The van der Waals surface area contributed by atoms with Crippen LogP contribution in [-0.4, -0.2) is 452 Å². The summed E-state index contributed by atoms with van der Waals surface area (Å²) in [6, 6.07) is -7.33. The Morgan fingerprint density at radius 2 is 0.569 bits per heavy atom. The van der Waals surface area contributed by atoms with Crippen LogP contribution in [0.1, 0.15) is 48.5 Å². The Balaban J connectivity index is 1.12. The monoisotopic (exact) mass is 1590 g/mol. The van der Waals surface area contributed by atoms with E-state index in [4.69, 9.17) is 80.5 Å². The highest BCUT2D eigenvalue weighted by atomic mass is 16.8. The summed E-state index contributed by atoms with van der Waals surface area (Å²) >= 11 is 0. The fourth-order valence-electron chi connectivity index (χ4n) is 14.2. The molecule has 630 valence electrons. The van der Waals surface area contributed by atoms with Crippen LogP contribution in [0.15, 0.2) is 0 Å². The molecular formula is C62H104N4O43. The first kappa shape index (κ1) is 89.3. The molecule has 9 heterocycles. The van der Waals surface area contributed by atoms with Crippen LogP contribution in [0.2, 0.25) is 0 Å². The molecule has 9 aliphatic heterocycles. The first-order valence-electron chi connectivity index (χ1n) is 35.2. The molecule has 26 N–H and O–H groups in total. The average Bonchev–Trinajstić information content (AvgIpc) is 0.728. The Kier molecular flexibility index (Phi) is 31.4. The number of rotatable bonds is 26. The summed E-state index contributed by atoms with van der Waals surface area (Å²) < 4.78 is 103. The van der Waals surface area contributed by atoms with E-state index in [9.17, 15) is 132 Å². The van der Waals surface area contributed by atoms with E-state index in [1.54, 1.807) is 0 Å². The van der Waals surface area contributed by atoms with Crippen LogP contribution in [0.25, 0.3) is 0 Å². The molecule has 47 nitrogen and oxygen atoms in total. The second-order valence-corrected chi connectivity index (χ2v) is 28.2. The van der Waals surface area contributed by atoms with Gasteiger partial charge in [-0.15, -0.1) is 0 Å². The summed E-state index contributed by atoms with van der Waals surface area (Å²) in [7, 11) is 0. The van der Waals surface area contributed by atoms with E-state index in [1.165, 1.54) is 20.8 Å². The summed E-state index contributed by atoms with van der Waals surface area (Å²) in [5, 5.41) is 256. The molecule has 0 radical (unpaired) electrons. The predicted molar refractivity (Wildman–Crippen MR) is 339 cm³/mol. The molecule has 9 saturated heterocycles. The van der Waals surface area contributed by atoms with Crippen molar-refractivity contribution in [3.8, 4) is 0 Å². The molecule has 9 rings (SSSR count). The molecule has 109 heavy (non-hydrogen) atoms. The Bertz CT molecular complexity index is 2920. The molecule has 0 aromatic heterocycles. The van der Waals surface area contributed by atoms with Crippen LogP contribution in [0, 0.1) is 0 Å². The smallest absolute Gasteiger partial charge is 0.217 e. The SMILES string of the molecule is CC(=O)N[C@@H]1[C@@H](O[C@@H]2O[C@H](CO[C@@H]3O[C@H](CO)[C@@H](O)[C@H](O)[C@H]3NC(C)=O)[C@H](O)[C@H](O[C@@H]3O[C@H](CO)[C@H](O)[C@H](O)[C@H]3O[C@@H]3O[C@@H](C)[C@@H](O)[C@@H](O)[C@@H]3O)[C@H]2O[C@@H]2O[C@@H](C)[C@@H](O)[C@@H](O)[C@@H]2O)[C@@H](O)[C@@H](CO[C@@H]2O[C@H](CO)[C@@H](O[C@@H]3O[C@@H](C)[C@@H](O)[C@@H](O)[C@@H]3O)[C@H](O[C@@H]3O[C@H](CO)[C@@H](O)[C@H](O)[C@H]3NC(C)=O)[C@H]2NC(C)=O)O[C@@H]1O. The Morgan fingerprint density at radius 1 is 0.257 bits per heavy atom. The molecular weight excluding hydrogens is 1490 g/mol. The normalized spacial score (nSPS) is 49.9.